The van der Waals surface area contributed by atoms with Gasteiger partial charge >= 0.3 is 6.03 Å². The van der Waals surface area contributed by atoms with Crippen LogP contribution >= 0.6 is 0 Å². The Morgan fingerprint density at radius 3 is 3.00 bits per heavy atom. The van der Waals surface area contributed by atoms with Gasteiger partial charge in [0.1, 0.15) is 5.75 Å². The number of amides is 2. The van der Waals surface area contributed by atoms with E-state index in [4.69, 9.17) is 4.74 Å². The Morgan fingerprint density at radius 2 is 2.28 bits per heavy atom. The van der Waals surface area contributed by atoms with E-state index in [0.29, 0.717) is 18.0 Å². The third-order valence-electron chi connectivity index (χ3n) is 2.44. The number of nitrogens with one attached hydrogen (secondary N) is 3. The Labute approximate surface area is 105 Å². The van der Waals surface area contributed by atoms with Crippen LogP contribution in [0.15, 0.2) is 42.7 Å². The number of rotatable bonds is 4. The van der Waals surface area contributed by atoms with Crippen LogP contribution in [0.3, 0.4) is 0 Å². The number of carbonyl (C=O) groups excluding carboxylic acids is 1. The van der Waals surface area contributed by atoms with Crippen molar-refractivity contribution >= 4 is 11.7 Å². The molecule has 0 spiro atoms. The first-order chi connectivity index (χ1) is 8.78. The SMILES string of the molecule is COc1cccc(NC(=O)NCc2cc[nH]c2)c1. The Balaban J connectivity index is 1.86. The zero-order chi connectivity index (χ0) is 12.8. The van der Waals surface area contributed by atoms with Gasteiger partial charge in [-0.3, -0.25) is 0 Å². The van der Waals surface area contributed by atoms with Crippen molar-refractivity contribution in [3.63, 3.8) is 0 Å². The van der Waals surface area contributed by atoms with Crippen molar-refractivity contribution in [1.82, 2.24) is 10.3 Å². The number of aromatic nitrogens is 1. The lowest BCUT2D eigenvalue weighted by molar-refractivity contribution is 0.251. The van der Waals surface area contributed by atoms with Crippen LogP contribution in [-0.4, -0.2) is 18.1 Å². The molecule has 2 amide bonds. The van der Waals surface area contributed by atoms with Gasteiger partial charge in [-0.2, -0.15) is 0 Å². The Morgan fingerprint density at radius 1 is 1.39 bits per heavy atom. The van der Waals surface area contributed by atoms with E-state index < -0.39 is 0 Å². The first-order valence-corrected chi connectivity index (χ1v) is 5.58. The number of carbonyl (C=O) groups is 1. The third kappa shape index (κ3) is 3.28. The summed E-state index contributed by atoms with van der Waals surface area (Å²) >= 11 is 0. The Hall–Kier alpha value is -2.43. The maximum absolute atomic E-state index is 11.6. The van der Waals surface area contributed by atoms with Crippen molar-refractivity contribution < 1.29 is 9.53 Å². The van der Waals surface area contributed by atoms with Crippen LogP contribution in [-0.2, 0) is 6.54 Å². The normalized spacial score (nSPS) is 9.83. The molecule has 0 aliphatic carbocycles. The molecule has 94 valence electrons. The van der Waals surface area contributed by atoms with Crippen LogP contribution in [0.5, 0.6) is 5.75 Å². The maximum atomic E-state index is 11.6. The van der Waals surface area contributed by atoms with E-state index in [2.05, 4.69) is 15.6 Å². The molecular formula is C13H15N3O2. The molecule has 0 atom stereocenters. The van der Waals surface area contributed by atoms with Crippen molar-refractivity contribution in [2.45, 2.75) is 6.54 Å². The lowest BCUT2D eigenvalue weighted by atomic mass is 10.3. The second-order valence-electron chi connectivity index (χ2n) is 3.76. The zero-order valence-electron chi connectivity index (χ0n) is 10.1. The number of aromatic amines is 1. The molecule has 0 radical (unpaired) electrons. The minimum atomic E-state index is -0.246. The molecule has 0 unspecified atom stereocenters. The first-order valence-electron chi connectivity index (χ1n) is 5.58. The van der Waals surface area contributed by atoms with Crippen LogP contribution in [0.2, 0.25) is 0 Å². The van der Waals surface area contributed by atoms with E-state index >= 15 is 0 Å². The summed E-state index contributed by atoms with van der Waals surface area (Å²) in [7, 11) is 1.59. The number of H-pyrrole nitrogens is 1. The quantitative estimate of drug-likeness (QED) is 0.774. The highest BCUT2D eigenvalue weighted by molar-refractivity contribution is 5.89. The molecule has 5 heteroatoms. The summed E-state index contributed by atoms with van der Waals surface area (Å²) in [4.78, 5) is 14.6. The van der Waals surface area contributed by atoms with Gasteiger partial charge in [-0.15, -0.1) is 0 Å². The maximum Gasteiger partial charge on any atom is 0.319 e. The van der Waals surface area contributed by atoms with E-state index in [9.17, 15) is 4.79 Å². The minimum absolute atomic E-state index is 0.246. The van der Waals surface area contributed by atoms with E-state index in [1.807, 2.05) is 30.6 Å². The summed E-state index contributed by atoms with van der Waals surface area (Å²) in [6.07, 6.45) is 3.66. The van der Waals surface area contributed by atoms with Gasteiger partial charge < -0.3 is 20.4 Å². The monoisotopic (exact) mass is 245 g/mol. The second kappa shape index (κ2) is 5.77. The van der Waals surface area contributed by atoms with E-state index in [-0.39, 0.29) is 6.03 Å². The highest BCUT2D eigenvalue weighted by atomic mass is 16.5. The lowest BCUT2D eigenvalue weighted by Crippen LogP contribution is -2.27. The lowest BCUT2D eigenvalue weighted by Gasteiger charge is -2.08. The molecule has 0 fully saturated rings. The predicted molar refractivity (Wildman–Crippen MR) is 69.6 cm³/mol. The van der Waals surface area contributed by atoms with Gasteiger partial charge in [0.05, 0.1) is 7.11 Å². The molecule has 5 nitrogen and oxygen atoms in total. The number of urea groups is 1. The van der Waals surface area contributed by atoms with Crippen LogP contribution in [0.25, 0.3) is 0 Å². The minimum Gasteiger partial charge on any atom is -0.497 e. The highest BCUT2D eigenvalue weighted by Gasteiger charge is 2.02. The summed E-state index contributed by atoms with van der Waals surface area (Å²) < 4.78 is 5.08. The molecule has 0 aliphatic rings. The summed E-state index contributed by atoms with van der Waals surface area (Å²) in [5.74, 6) is 0.707. The molecule has 0 aliphatic heterocycles. The first kappa shape index (κ1) is 12.0. The molecule has 1 heterocycles. The van der Waals surface area contributed by atoms with Gasteiger partial charge in [-0.1, -0.05) is 6.07 Å². The van der Waals surface area contributed by atoms with Gasteiger partial charge in [0.2, 0.25) is 0 Å². The third-order valence-corrected chi connectivity index (χ3v) is 2.44. The summed E-state index contributed by atoms with van der Waals surface area (Å²) in [5.41, 5.74) is 1.72. The van der Waals surface area contributed by atoms with Crippen molar-refractivity contribution in [2.24, 2.45) is 0 Å². The summed E-state index contributed by atoms with van der Waals surface area (Å²) in [6.45, 7) is 0.485. The van der Waals surface area contributed by atoms with Crippen molar-refractivity contribution in [3.05, 3.63) is 48.3 Å². The van der Waals surface area contributed by atoms with Gasteiger partial charge in [0, 0.05) is 30.7 Å². The molecule has 1 aromatic carbocycles. The van der Waals surface area contributed by atoms with Crippen molar-refractivity contribution in [1.29, 1.82) is 0 Å². The largest absolute Gasteiger partial charge is 0.497 e. The van der Waals surface area contributed by atoms with Gasteiger partial charge in [-0.05, 0) is 23.8 Å². The van der Waals surface area contributed by atoms with E-state index in [0.717, 1.165) is 5.56 Å². The van der Waals surface area contributed by atoms with Crippen LogP contribution in [0.1, 0.15) is 5.56 Å². The number of methoxy groups -OCH3 is 1. The molecule has 18 heavy (non-hydrogen) atoms. The smallest absolute Gasteiger partial charge is 0.319 e. The Bertz CT molecular complexity index is 509. The standard InChI is InChI=1S/C13H15N3O2/c1-18-12-4-2-3-11(7-12)16-13(17)15-9-10-5-6-14-8-10/h2-8,14H,9H2,1H3,(H2,15,16,17). The molecular weight excluding hydrogens is 230 g/mol. The number of hydrogen-bond acceptors (Lipinski definition) is 2. The van der Waals surface area contributed by atoms with Gasteiger partial charge in [-0.25, -0.2) is 4.79 Å². The highest BCUT2D eigenvalue weighted by Crippen LogP contribution is 2.16. The fourth-order valence-corrected chi connectivity index (χ4v) is 1.53. The molecule has 3 N–H and O–H groups in total. The molecule has 0 saturated carbocycles. The Kier molecular flexibility index (Phi) is 3.86. The average molecular weight is 245 g/mol. The van der Waals surface area contributed by atoms with Crippen molar-refractivity contribution in [3.8, 4) is 5.75 Å². The van der Waals surface area contributed by atoms with Crippen LogP contribution in [0, 0.1) is 0 Å². The number of hydrogen-bond donors (Lipinski definition) is 3. The fourth-order valence-electron chi connectivity index (χ4n) is 1.53. The fraction of sp³-hybridized carbons (Fsp3) is 0.154. The van der Waals surface area contributed by atoms with E-state index in [1.165, 1.54) is 0 Å². The van der Waals surface area contributed by atoms with Crippen LogP contribution < -0.4 is 15.4 Å². The van der Waals surface area contributed by atoms with Crippen LogP contribution in [0.4, 0.5) is 10.5 Å². The average Bonchev–Trinajstić information content (AvgIpc) is 2.90. The predicted octanol–water partition coefficient (Wildman–Crippen LogP) is 2.34. The van der Waals surface area contributed by atoms with Crippen molar-refractivity contribution in [2.75, 3.05) is 12.4 Å². The zero-order valence-corrected chi connectivity index (χ0v) is 10.1. The molecule has 2 rings (SSSR count). The second-order valence-corrected chi connectivity index (χ2v) is 3.76. The molecule has 0 bridgehead atoms. The molecule has 2 aromatic rings. The summed E-state index contributed by atoms with van der Waals surface area (Å²) in [6, 6.07) is 8.87. The molecule has 1 aromatic heterocycles. The summed E-state index contributed by atoms with van der Waals surface area (Å²) in [5, 5.41) is 5.50. The van der Waals surface area contributed by atoms with Gasteiger partial charge in [0.15, 0.2) is 0 Å². The van der Waals surface area contributed by atoms with Gasteiger partial charge in [0.25, 0.3) is 0 Å². The number of anilines is 1. The topological polar surface area (TPSA) is 66.2 Å². The number of ether oxygens (including phenoxy) is 1. The number of benzene rings is 1. The molecule has 0 saturated heterocycles. The van der Waals surface area contributed by atoms with E-state index in [1.54, 1.807) is 19.2 Å².